The summed E-state index contributed by atoms with van der Waals surface area (Å²) in [5.74, 6) is -0.410. The molecule has 166 valence electrons. The summed E-state index contributed by atoms with van der Waals surface area (Å²) in [6.45, 7) is 3.75. The van der Waals surface area contributed by atoms with E-state index in [1.807, 2.05) is 30.3 Å². The monoisotopic (exact) mass is 469 g/mol. The van der Waals surface area contributed by atoms with E-state index in [2.05, 4.69) is 15.8 Å². The fraction of sp³-hybridized carbons (Fsp3) is 0.304. The van der Waals surface area contributed by atoms with E-state index in [0.29, 0.717) is 34.2 Å². The number of ether oxygens (including phenoxy) is 1. The number of benzene rings is 1. The average Bonchev–Trinajstić information content (AvgIpc) is 3.34. The molecule has 0 spiro atoms. The molecule has 2 N–H and O–H groups in total. The van der Waals surface area contributed by atoms with E-state index in [4.69, 9.17) is 21.5 Å². The van der Waals surface area contributed by atoms with E-state index < -0.39 is 5.91 Å². The number of esters is 1. The highest BCUT2D eigenvalue weighted by Crippen LogP contribution is 2.38. The number of fused-ring (bicyclic) bond motifs is 1. The Labute approximate surface area is 195 Å². The van der Waals surface area contributed by atoms with Crippen molar-refractivity contribution >= 4 is 45.5 Å². The molecule has 0 saturated carbocycles. The Balaban J connectivity index is 1.55. The average molecular weight is 470 g/mol. The molecule has 0 unspecified atom stereocenters. The van der Waals surface area contributed by atoms with Crippen LogP contribution in [0.1, 0.15) is 56.7 Å². The van der Waals surface area contributed by atoms with Gasteiger partial charge < -0.3 is 14.6 Å². The summed E-state index contributed by atoms with van der Waals surface area (Å²) in [5.41, 5.74) is 3.08. The van der Waals surface area contributed by atoms with Gasteiger partial charge in [-0.2, -0.15) is 0 Å². The minimum Gasteiger partial charge on any atom is -0.462 e. The van der Waals surface area contributed by atoms with Gasteiger partial charge in [0, 0.05) is 10.4 Å². The maximum atomic E-state index is 13.0. The smallest absolute Gasteiger partial charge is 0.341 e. The number of aromatic nitrogens is 1. The molecule has 0 radical (unpaired) electrons. The summed E-state index contributed by atoms with van der Waals surface area (Å²) in [7, 11) is 0. The van der Waals surface area contributed by atoms with Gasteiger partial charge in [0.1, 0.15) is 22.0 Å². The van der Waals surface area contributed by atoms with Gasteiger partial charge in [0.05, 0.1) is 12.2 Å². The Morgan fingerprint density at radius 1 is 1.19 bits per heavy atom. The molecule has 0 aliphatic heterocycles. The number of carbonyl (C=O) groups excluding carboxylic acids is 2. The minimum absolute atomic E-state index is 0.0961. The number of rotatable bonds is 5. The summed E-state index contributed by atoms with van der Waals surface area (Å²) < 4.78 is 10.5. The first-order valence-electron chi connectivity index (χ1n) is 10.4. The van der Waals surface area contributed by atoms with Gasteiger partial charge in [0.25, 0.3) is 5.91 Å². The maximum Gasteiger partial charge on any atom is 0.341 e. The van der Waals surface area contributed by atoms with E-state index in [0.717, 1.165) is 41.7 Å². The molecule has 3 aromatic rings. The zero-order chi connectivity index (χ0) is 22.7. The van der Waals surface area contributed by atoms with Crippen LogP contribution in [0.2, 0.25) is 0 Å². The Morgan fingerprint density at radius 2 is 1.94 bits per heavy atom. The Kier molecular flexibility index (Phi) is 6.66. The second-order valence-electron chi connectivity index (χ2n) is 7.37. The van der Waals surface area contributed by atoms with Crippen molar-refractivity contribution in [3.05, 3.63) is 57.7 Å². The number of hydrogen-bond donors (Lipinski definition) is 2. The minimum atomic E-state index is -0.431. The van der Waals surface area contributed by atoms with Gasteiger partial charge in [-0.3, -0.25) is 10.1 Å². The molecule has 2 heterocycles. The lowest BCUT2D eigenvalue weighted by atomic mass is 9.95. The van der Waals surface area contributed by atoms with Crippen LogP contribution >= 0.6 is 23.6 Å². The predicted octanol–water partition coefficient (Wildman–Crippen LogP) is 4.89. The van der Waals surface area contributed by atoms with Gasteiger partial charge in [-0.25, -0.2) is 4.79 Å². The van der Waals surface area contributed by atoms with Gasteiger partial charge in [-0.1, -0.05) is 35.5 Å². The Hall–Kier alpha value is -3.04. The largest absolute Gasteiger partial charge is 0.462 e. The lowest BCUT2D eigenvalue weighted by molar-refractivity contribution is 0.0526. The van der Waals surface area contributed by atoms with Crippen LogP contribution in [0.15, 0.2) is 34.9 Å². The molecule has 2 aromatic heterocycles. The molecule has 7 nitrogen and oxygen atoms in total. The molecule has 1 aromatic carbocycles. The first kappa shape index (κ1) is 22.2. The quantitative estimate of drug-likeness (QED) is 0.406. The van der Waals surface area contributed by atoms with Gasteiger partial charge in [0.2, 0.25) is 0 Å². The second-order valence-corrected chi connectivity index (χ2v) is 8.89. The number of anilines is 1. The van der Waals surface area contributed by atoms with Crippen molar-refractivity contribution in [2.45, 2.75) is 39.5 Å². The number of amides is 1. The molecular weight excluding hydrogens is 446 g/mol. The van der Waals surface area contributed by atoms with Crippen LogP contribution in [-0.2, 0) is 17.6 Å². The predicted molar refractivity (Wildman–Crippen MR) is 127 cm³/mol. The molecule has 0 bridgehead atoms. The lowest BCUT2D eigenvalue weighted by Crippen LogP contribution is -2.34. The molecule has 1 amide bonds. The van der Waals surface area contributed by atoms with Crippen molar-refractivity contribution in [1.82, 2.24) is 10.5 Å². The second kappa shape index (κ2) is 9.62. The Bertz CT molecular complexity index is 1170. The van der Waals surface area contributed by atoms with Gasteiger partial charge in [0.15, 0.2) is 5.11 Å². The number of thiophene rings is 1. The highest BCUT2D eigenvalue weighted by molar-refractivity contribution is 7.80. The highest BCUT2D eigenvalue weighted by atomic mass is 32.1. The van der Waals surface area contributed by atoms with Crippen LogP contribution < -0.4 is 10.6 Å². The normalized spacial score (nSPS) is 12.7. The molecule has 0 saturated heterocycles. The third kappa shape index (κ3) is 4.44. The molecule has 0 atom stereocenters. The van der Waals surface area contributed by atoms with E-state index in [1.54, 1.807) is 13.8 Å². The third-order valence-corrected chi connectivity index (χ3v) is 6.65. The van der Waals surface area contributed by atoms with Crippen LogP contribution in [0.3, 0.4) is 0 Å². The van der Waals surface area contributed by atoms with Crippen LogP contribution in [0.25, 0.3) is 11.3 Å². The SMILES string of the molecule is CCOC(=O)c1c(NC(=S)NC(=O)c2c(-c3ccccc3)noc2C)sc2c1CCCC2. The van der Waals surface area contributed by atoms with Crippen LogP contribution in [0.4, 0.5) is 5.00 Å². The Morgan fingerprint density at radius 3 is 2.69 bits per heavy atom. The molecule has 4 rings (SSSR count). The molecule has 1 aliphatic carbocycles. The van der Waals surface area contributed by atoms with E-state index in [1.165, 1.54) is 11.3 Å². The zero-order valence-electron chi connectivity index (χ0n) is 17.8. The van der Waals surface area contributed by atoms with Crippen molar-refractivity contribution in [2.75, 3.05) is 11.9 Å². The fourth-order valence-electron chi connectivity index (χ4n) is 3.81. The molecule has 9 heteroatoms. The van der Waals surface area contributed by atoms with Crippen LogP contribution in [0.5, 0.6) is 0 Å². The molecule has 1 aliphatic rings. The zero-order valence-corrected chi connectivity index (χ0v) is 19.5. The molecule has 0 fully saturated rings. The summed E-state index contributed by atoms with van der Waals surface area (Å²) in [4.78, 5) is 26.8. The van der Waals surface area contributed by atoms with E-state index in [-0.39, 0.29) is 11.1 Å². The van der Waals surface area contributed by atoms with Gasteiger partial charge in [-0.15, -0.1) is 11.3 Å². The number of nitrogens with zero attached hydrogens (tertiary/aromatic N) is 1. The standard InChI is InChI=1S/C23H23N3O4S2/c1-3-29-22(28)18-15-11-7-8-12-16(15)32-21(18)25-23(31)24-20(27)17-13(2)30-26-19(17)14-9-5-4-6-10-14/h4-6,9-10H,3,7-8,11-12H2,1-2H3,(H2,24,25,27,31). The summed E-state index contributed by atoms with van der Waals surface area (Å²) in [5, 5.41) is 10.5. The molecule has 32 heavy (non-hydrogen) atoms. The van der Waals surface area contributed by atoms with Crippen molar-refractivity contribution in [3.8, 4) is 11.3 Å². The van der Waals surface area contributed by atoms with Gasteiger partial charge in [-0.05, 0) is 57.3 Å². The van der Waals surface area contributed by atoms with Crippen molar-refractivity contribution in [2.24, 2.45) is 0 Å². The fourth-order valence-corrected chi connectivity index (χ4v) is 5.35. The van der Waals surface area contributed by atoms with Crippen LogP contribution in [-0.4, -0.2) is 28.8 Å². The number of aryl methyl sites for hydroxylation is 2. The molecular formula is C23H23N3O4S2. The highest BCUT2D eigenvalue weighted by Gasteiger charge is 2.28. The van der Waals surface area contributed by atoms with Crippen molar-refractivity contribution in [1.29, 1.82) is 0 Å². The summed E-state index contributed by atoms with van der Waals surface area (Å²) in [6, 6.07) is 9.32. The number of carbonyl (C=O) groups is 2. The lowest BCUT2D eigenvalue weighted by Gasteiger charge is -2.13. The number of thiocarbonyl (C=S) groups is 1. The van der Waals surface area contributed by atoms with E-state index in [9.17, 15) is 9.59 Å². The van der Waals surface area contributed by atoms with E-state index >= 15 is 0 Å². The summed E-state index contributed by atoms with van der Waals surface area (Å²) >= 11 is 6.89. The first-order valence-corrected chi connectivity index (χ1v) is 11.7. The number of nitrogens with one attached hydrogen (secondary N) is 2. The van der Waals surface area contributed by atoms with Gasteiger partial charge >= 0.3 is 5.97 Å². The van der Waals surface area contributed by atoms with Crippen LogP contribution in [0, 0.1) is 6.92 Å². The van der Waals surface area contributed by atoms with Crippen molar-refractivity contribution in [3.63, 3.8) is 0 Å². The topological polar surface area (TPSA) is 93.5 Å². The first-order chi connectivity index (χ1) is 15.5. The summed E-state index contributed by atoms with van der Waals surface area (Å²) in [6.07, 6.45) is 3.88. The third-order valence-electron chi connectivity index (χ3n) is 5.24. The van der Waals surface area contributed by atoms with Crippen molar-refractivity contribution < 1.29 is 18.8 Å². The number of hydrogen-bond acceptors (Lipinski definition) is 7. The maximum absolute atomic E-state index is 13.0.